The highest BCUT2D eigenvalue weighted by Crippen LogP contribution is 2.20. The van der Waals surface area contributed by atoms with Crippen LogP contribution in [0.25, 0.3) is 5.65 Å². The Kier molecular flexibility index (Phi) is 2.61. The van der Waals surface area contributed by atoms with E-state index in [-0.39, 0.29) is 11.1 Å². The Morgan fingerprint density at radius 2 is 2.06 bits per heavy atom. The van der Waals surface area contributed by atoms with Crippen molar-refractivity contribution in [2.45, 2.75) is 27.2 Å². The van der Waals surface area contributed by atoms with Gasteiger partial charge in [-0.05, 0) is 17.5 Å². The maximum absolute atomic E-state index is 11.2. The predicted octanol–water partition coefficient (Wildman–Crippen LogP) is 2.02. The van der Waals surface area contributed by atoms with Crippen molar-refractivity contribution in [2.75, 3.05) is 0 Å². The van der Waals surface area contributed by atoms with Gasteiger partial charge in [0.25, 0.3) is 0 Å². The van der Waals surface area contributed by atoms with E-state index in [0.717, 1.165) is 0 Å². The van der Waals surface area contributed by atoms with Gasteiger partial charge in [0.2, 0.25) is 0 Å². The number of aromatic carboxylic acids is 1. The van der Waals surface area contributed by atoms with Crippen LogP contribution < -0.4 is 0 Å². The molecule has 0 fully saturated rings. The molecule has 2 aromatic heterocycles. The molecule has 0 spiro atoms. The summed E-state index contributed by atoms with van der Waals surface area (Å²) in [5, 5.41) is 17.2. The number of aromatic nitrogens is 3. The van der Waals surface area contributed by atoms with E-state index in [4.69, 9.17) is 5.11 Å². The van der Waals surface area contributed by atoms with Gasteiger partial charge in [-0.15, -0.1) is 10.2 Å². The van der Waals surface area contributed by atoms with E-state index in [2.05, 4.69) is 31.0 Å². The number of hydrogen-bond acceptors (Lipinski definition) is 3. The quantitative estimate of drug-likeness (QED) is 0.861. The average molecular weight is 233 g/mol. The summed E-state index contributed by atoms with van der Waals surface area (Å²) >= 11 is 0. The van der Waals surface area contributed by atoms with Gasteiger partial charge in [-0.3, -0.25) is 4.40 Å². The summed E-state index contributed by atoms with van der Waals surface area (Å²) in [6, 6.07) is 4.99. The van der Waals surface area contributed by atoms with Gasteiger partial charge in [-0.25, -0.2) is 4.79 Å². The molecule has 0 radical (unpaired) electrons. The molecule has 5 nitrogen and oxygen atoms in total. The minimum atomic E-state index is -0.967. The molecule has 0 saturated heterocycles. The van der Waals surface area contributed by atoms with Crippen molar-refractivity contribution in [1.82, 2.24) is 14.6 Å². The lowest BCUT2D eigenvalue weighted by atomic mass is 9.92. The van der Waals surface area contributed by atoms with E-state index in [9.17, 15) is 4.79 Å². The first-order chi connectivity index (χ1) is 7.88. The Balaban J connectivity index is 2.61. The third-order valence-electron chi connectivity index (χ3n) is 2.40. The van der Waals surface area contributed by atoms with Gasteiger partial charge >= 0.3 is 5.97 Å². The largest absolute Gasteiger partial charge is 0.477 e. The molecule has 0 saturated carbocycles. The zero-order valence-electron chi connectivity index (χ0n) is 10.1. The van der Waals surface area contributed by atoms with Crippen molar-refractivity contribution in [3.8, 4) is 0 Å². The van der Waals surface area contributed by atoms with Crippen LogP contribution in [0.1, 0.15) is 37.1 Å². The Morgan fingerprint density at radius 1 is 1.35 bits per heavy atom. The summed E-state index contributed by atoms with van der Waals surface area (Å²) in [6.07, 6.45) is 0.679. The van der Waals surface area contributed by atoms with Gasteiger partial charge in [0.05, 0.1) is 0 Å². The molecular formula is C12H15N3O2. The van der Waals surface area contributed by atoms with Crippen molar-refractivity contribution in [3.05, 3.63) is 29.7 Å². The van der Waals surface area contributed by atoms with E-state index in [1.54, 1.807) is 22.6 Å². The summed E-state index contributed by atoms with van der Waals surface area (Å²) in [5.41, 5.74) is 0.810. The highest BCUT2D eigenvalue weighted by Gasteiger charge is 2.19. The van der Waals surface area contributed by atoms with Crippen LogP contribution >= 0.6 is 0 Å². The lowest BCUT2D eigenvalue weighted by Crippen LogP contribution is -2.14. The van der Waals surface area contributed by atoms with Crippen molar-refractivity contribution >= 4 is 11.6 Å². The fraction of sp³-hybridized carbons (Fsp3) is 0.417. The van der Waals surface area contributed by atoms with E-state index < -0.39 is 5.97 Å². The third-order valence-corrected chi connectivity index (χ3v) is 2.40. The fourth-order valence-corrected chi connectivity index (χ4v) is 1.76. The summed E-state index contributed by atoms with van der Waals surface area (Å²) < 4.78 is 1.60. The van der Waals surface area contributed by atoms with Crippen LogP contribution in [0.3, 0.4) is 0 Å². The molecule has 0 aliphatic carbocycles. The Morgan fingerprint density at radius 3 is 2.65 bits per heavy atom. The number of carboxylic acids is 1. The number of pyridine rings is 1. The second-order valence-electron chi connectivity index (χ2n) is 5.26. The number of rotatable bonds is 2. The predicted molar refractivity (Wildman–Crippen MR) is 63.1 cm³/mol. The molecular weight excluding hydrogens is 218 g/mol. The zero-order chi connectivity index (χ0) is 12.6. The Bertz CT molecular complexity index is 567. The van der Waals surface area contributed by atoms with Crippen LogP contribution in [0.2, 0.25) is 0 Å². The molecule has 1 N–H and O–H groups in total. The summed E-state index contributed by atoms with van der Waals surface area (Å²) in [5.74, 6) is -0.281. The minimum absolute atomic E-state index is 0.0363. The standard InChI is InChI=1S/C12H15N3O2/c1-12(2,3)7-10-14-13-9-6-4-5-8(11(16)17)15(9)10/h4-6H,7H2,1-3H3,(H,16,17). The molecule has 0 amide bonds. The second-order valence-corrected chi connectivity index (χ2v) is 5.26. The third kappa shape index (κ3) is 2.27. The second kappa shape index (κ2) is 3.84. The molecule has 0 aliphatic rings. The average Bonchev–Trinajstić information content (AvgIpc) is 2.59. The van der Waals surface area contributed by atoms with Crippen LogP contribution in [0.15, 0.2) is 18.2 Å². The van der Waals surface area contributed by atoms with E-state index in [1.165, 1.54) is 0 Å². The summed E-state index contributed by atoms with van der Waals surface area (Å²) in [4.78, 5) is 11.2. The van der Waals surface area contributed by atoms with Gasteiger partial charge in [0.1, 0.15) is 11.5 Å². The van der Waals surface area contributed by atoms with Crippen LogP contribution in [0.4, 0.5) is 0 Å². The monoisotopic (exact) mass is 233 g/mol. The Hall–Kier alpha value is -1.91. The van der Waals surface area contributed by atoms with Gasteiger partial charge in [0.15, 0.2) is 5.65 Å². The van der Waals surface area contributed by atoms with Crippen molar-refractivity contribution in [2.24, 2.45) is 5.41 Å². The molecule has 5 heteroatoms. The number of nitrogens with zero attached hydrogens (tertiary/aromatic N) is 3. The van der Waals surface area contributed by atoms with Gasteiger partial charge in [-0.1, -0.05) is 26.8 Å². The lowest BCUT2D eigenvalue weighted by Gasteiger charge is -2.16. The molecule has 90 valence electrons. The normalized spacial score (nSPS) is 11.9. The molecule has 0 aromatic carbocycles. The molecule has 2 rings (SSSR count). The van der Waals surface area contributed by atoms with E-state index >= 15 is 0 Å². The Labute approximate surface area is 99.1 Å². The number of fused-ring (bicyclic) bond motifs is 1. The molecule has 2 aromatic rings. The molecule has 2 heterocycles. The van der Waals surface area contributed by atoms with Crippen LogP contribution in [-0.4, -0.2) is 25.7 Å². The van der Waals surface area contributed by atoms with Gasteiger partial charge < -0.3 is 5.11 Å². The smallest absolute Gasteiger partial charge is 0.352 e. The van der Waals surface area contributed by atoms with Crippen molar-refractivity contribution < 1.29 is 9.90 Å². The number of hydrogen-bond donors (Lipinski definition) is 1. The summed E-state index contributed by atoms with van der Waals surface area (Å²) in [6.45, 7) is 6.24. The maximum Gasteiger partial charge on any atom is 0.352 e. The first-order valence-corrected chi connectivity index (χ1v) is 5.45. The molecule has 0 bridgehead atoms. The van der Waals surface area contributed by atoms with E-state index in [1.807, 2.05) is 0 Å². The highest BCUT2D eigenvalue weighted by atomic mass is 16.4. The van der Waals surface area contributed by atoms with Crippen LogP contribution in [0.5, 0.6) is 0 Å². The van der Waals surface area contributed by atoms with Crippen LogP contribution in [0, 0.1) is 5.41 Å². The van der Waals surface area contributed by atoms with Crippen molar-refractivity contribution in [3.63, 3.8) is 0 Å². The zero-order valence-corrected chi connectivity index (χ0v) is 10.1. The first-order valence-electron chi connectivity index (χ1n) is 5.45. The van der Waals surface area contributed by atoms with Gasteiger partial charge in [0, 0.05) is 6.42 Å². The fourth-order valence-electron chi connectivity index (χ4n) is 1.76. The minimum Gasteiger partial charge on any atom is -0.477 e. The highest BCUT2D eigenvalue weighted by molar-refractivity contribution is 5.86. The lowest BCUT2D eigenvalue weighted by molar-refractivity contribution is 0.0688. The van der Waals surface area contributed by atoms with Gasteiger partial charge in [-0.2, -0.15) is 0 Å². The SMILES string of the molecule is CC(C)(C)Cc1nnc2cccc(C(=O)O)n12. The number of carboxylic acid groups (broad SMARTS) is 1. The van der Waals surface area contributed by atoms with Crippen molar-refractivity contribution in [1.29, 1.82) is 0 Å². The molecule has 0 unspecified atom stereocenters. The van der Waals surface area contributed by atoms with E-state index in [0.29, 0.717) is 17.9 Å². The topological polar surface area (TPSA) is 67.5 Å². The summed E-state index contributed by atoms with van der Waals surface area (Å²) in [7, 11) is 0. The first kappa shape index (κ1) is 11.6. The maximum atomic E-state index is 11.2. The molecule has 0 aliphatic heterocycles. The molecule has 17 heavy (non-hydrogen) atoms. The molecule has 0 atom stereocenters. The number of carbonyl (C=O) groups is 1. The van der Waals surface area contributed by atoms with Crippen LogP contribution in [-0.2, 0) is 6.42 Å².